The molecule has 3 unspecified atom stereocenters. The summed E-state index contributed by atoms with van der Waals surface area (Å²) >= 11 is 0. The number of fused-ring (bicyclic) bond motifs is 2. The van der Waals surface area contributed by atoms with Crippen LogP contribution < -0.4 is 0 Å². The summed E-state index contributed by atoms with van der Waals surface area (Å²) in [7, 11) is 0. The SMILES string of the molecule is C=C1C(OC(C)=O)CC2CC1C2(C)C. The van der Waals surface area contributed by atoms with Crippen LogP contribution in [0.1, 0.15) is 33.6 Å². The van der Waals surface area contributed by atoms with Gasteiger partial charge in [-0.15, -0.1) is 0 Å². The molecule has 78 valence electrons. The van der Waals surface area contributed by atoms with Crippen LogP contribution in [0.4, 0.5) is 0 Å². The van der Waals surface area contributed by atoms with E-state index in [9.17, 15) is 4.79 Å². The largest absolute Gasteiger partial charge is 0.458 e. The molecule has 3 fully saturated rings. The maximum atomic E-state index is 10.9. The average molecular weight is 194 g/mol. The van der Waals surface area contributed by atoms with Crippen LogP contribution in [0.2, 0.25) is 0 Å². The third kappa shape index (κ3) is 1.20. The van der Waals surface area contributed by atoms with Crippen LogP contribution in [0.25, 0.3) is 0 Å². The molecule has 3 rings (SSSR count). The molecule has 3 aliphatic rings. The van der Waals surface area contributed by atoms with Crippen molar-refractivity contribution in [1.82, 2.24) is 0 Å². The molecule has 0 N–H and O–H groups in total. The van der Waals surface area contributed by atoms with Crippen molar-refractivity contribution < 1.29 is 9.53 Å². The minimum atomic E-state index is -0.185. The summed E-state index contributed by atoms with van der Waals surface area (Å²) in [6.45, 7) is 10.1. The highest BCUT2D eigenvalue weighted by Gasteiger charge is 2.55. The molecule has 3 saturated carbocycles. The monoisotopic (exact) mass is 194 g/mol. The van der Waals surface area contributed by atoms with E-state index in [-0.39, 0.29) is 12.1 Å². The highest BCUT2D eigenvalue weighted by molar-refractivity contribution is 5.66. The third-order valence-corrected chi connectivity index (χ3v) is 4.14. The Bertz CT molecular complexity index is 291. The lowest BCUT2D eigenvalue weighted by Crippen LogP contribution is -2.54. The van der Waals surface area contributed by atoms with Gasteiger partial charge in [-0.1, -0.05) is 20.4 Å². The lowest BCUT2D eigenvalue weighted by Gasteiger charge is -2.59. The summed E-state index contributed by atoms with van der Waals surface area (Å²) in [5, 5.41) is 0. The minimum absolute atomic E-state index is 0.00993. The van der Waals surface area contributed by atoms with Gasteiger partial charge in [-0.05, 0) is 35.7 Å². The Balaban J connectivity index is 2.08. The van der Waals surface area contributed by atoms with Crippen molar-refractivity contribution in [2.75, 3.05) is 0 Å². The van der Waals surface area contributed by atoms with E-state index in [1.54, 1.807) is 0 Å². The molecule has 0 spiro atoms. The first-order chi connectivity index (χ1) is 6.43. The van der Waals surface area contributed by atoms with Crippen LogP contribution in [-0.4, -0.2) is 12.1 Å². The highest BCUT2D eigenvalue weighted by Crippen LogP contribution is 2.61. The second-order valence-electron chi connectivity index (χ2n) is 5.22. The van der Waals surface area contributed by atoms with Crippen LogP contribution in [0, 0.1) is 17.3 Å². The lowest BCUT2D eigenvalue weighted by atomic mass is 9.47. The topological polar surface area (TPSA) is 26.3 Å². The summed E-state index contributed by atoms with van der Waals surface area (Å²) in [6.07, 6.45) is 2.20. The zero-order valence-electron chi connectivity index (χ0n) is 9.17. The van der Waals surface area contributed by atoms with E-state index in [0.29, 0.717) is 17.3 Å². The summed E-state index contributed by atoms with van der Waals surface area (Å²) < 4.78 is 5.26. The van der Waals surface area contributed by atoms with Crippen molar-refractivity contribution in [3.05, 3.63) is 12.2 Å². The van der Waals surface area contributed by atoms with Crippen molar-refractivity contribution in [3.8, 4) is 0 Å². The van der Waals surface area contributed by atoms with Crippen LogP contribution in [0.5, 0.6) is 0 Å². The van der Waals surface area contributed by atoms with Crippen LogP contribution in [-0.2, 0) is 9.53 Å². The first-order valence-electron chi connectivity index (χ1n) is 5.29. The molecule has 0 radical (unpaired) electrons. The molecule has 2 bridgehead atoms. The van der Waals surface area contributed by atoms with Gasteiger partial charge in [0.15, 0.2) is 0 Å². The number of carbonyl (C=O) groups is 1. The molecule has 0 aromatic carbocycles. The summed E-state index contributed by atoms with van der Waals surface area (Å²) in [5.74, 6) is 1.09. The Hall–Kier alpha value is -0.790. The Morgan fingerprint density at radius 1 is 1.50 bits per heavy atom. The molecule has 0 amide bonds. The molecule has 3 atom stereocenters. The molecule has 14 heavy (non-hydrogen) atoms. The highest BCUT2D eigenvalue weighted by atomic mass is 16.5. The molecule has 2 heteroatoms. The smallest absolute Gasteiger partial charge is 0.303 e. The first kappa shape index (κ1) is 9.75. The van der Waals surface area contributed by atoms with Gasteiger partial charge in [0.05, 0.1) is 0 Å². The molecule has 0 aromatic rings. The molecule has 3 aliphatic carbocycles. The van der Waals surface area contributed by atoms with Gasteiger partial charge in [0.25, 0.3) is 0 Å². The Kier molecular flexibility index (Phi) is 1.98. The standard InChI is InChI=1S/C12H18O2/c1-7-10-5-9(12(10,3)4)6-11(7)14-8(2)13/h9-11H,1,5-6H2,2-4H3. The van der Waals surface area contributed by atoms with Gasteiger partial charge in [-0.25, -0.2) is 0 Å². The second-order valence-corrected chi connectivity index (χ2v) is 5.22. The Labute approximate surface area is 85.3 Å². The number of hydrogen-bond donors (Lipinski definition) is 0. The van der Waals surface area contributed by atoms with Gasteiger partial charge in [-0.2, -0.15) is 0 Å². The van der Waals surface area contributed by atoms with E-state index in [1.807, 2.05) is 0 Å². The maximum absolute atomic E-state index is 10.9. The number of rotatable bonds is 1. The van der Waals surface area contributed by atoms with E-state index in [2.05, 4.69) is 20.4 Å². The van der Waals surface area contributed by atoms with Crippen LogP contribution in [0.3, 0.4) is 0 Å². The van der Waals surface area contributed by atoms with Gasteiger partial charge in [-0.3, -0.25) is 4.79 Å². The third-order valence-electron chi connectivity index (χ3n) is 4.14. The predicted molar refractivity (Wildman–Crippen MR) is 54.7 cm³/mol. The van der Waals surface area contributed by atoms with Crippen LogP contribution in [0.15, 0.2) is 12.2 Å². The van der Waals surface area contributed by atoms with E-state index in [0.717, 1.165) is 12.0 Å². The maximum Gasteiger partial charge on any atom is 0.303 e. The zero-order valence-corrected chi connectivity index (χ0v) is 9.17. The molecule has 0 aromatic heterocycles. The number of esters is 1. The summed E-state index contributed by atoms with van der Waals surface area (Å²) in [5.41, 5.74) is 1.51. The Morgan fingerprint density at radius 3 is 2.57 bits per heavy atom. The molecular weight excluding hydrogens is 176 g/mol. The van der Waals surface area contributed by atoms with Gasteiger partial charge in [0, 0.05) is 6.92 Å². The molecular formula is C12H18O2. The molecule has 2 nitrogen and oxygen atoms in total. The molecule has 0 saturated heterocycles. The zero-order chi connectivity index (χ0) is 10.5. The Morgan fingerprint density at radius 2 is 2.14 bits per heavy atom. The van der Waals surface area contributed by atoms with E-state index in [4.69, 9.17) is 4.74 Å². The van der Waals surface area contributed by atoms with Crippen molar-refractivity contribution in [1.29, 1.82) is 0 Å². The number of carbonyl (C=O) groups excluding carboxylic acids is 1. The second kappa shape index (κ2) is 2.85. The van der Waals surface area contributed by atoms with Crippen molar-refractivity contribution in [3.63, 3.8) is 0 Å². The van der Waals surface area contributed by atoms with Crippen molar-refractivity contribution in [2.24, 2.45) is 17.3 Å². The van der Waals surface area contributed by atoms with E-state index < -0.39 is 0 Å². The number of hydrogen-bond acceptors (Lipinski definition) is 2. The minimum Gasteiger partial charge on any atom is -0.458 e. The van der Waals surface area contributed by atoms with Gasteiger partial charge >= 0.3 is 5.97 Å². The molecule has 0 heterocycles. The average Bonchev–Trinajstić information content (AvgIpc) is 2.06. The fourth-order valence-corrected chi connectivity index (χ4v) is 3.00. The molecule has 0 aliphatic heterocycles. The van der Waals surface area contributed by atoms with Crippen LogP contribution >= 0.6 is 0 Å². The van der Waals surface area contributed by atoms with Crippen molar-refractivity contribution in [2.45, 2.75) is 39.7 Å². The predicted octanol–water partition coefficient (Wildman–Crippen LogP) is 2.54. The summed E-state index contributed by atoms with van der Waals surface area (Å²) in [6, 6.07) is 0. The van der Waals surface area contributed by atoms with Gasteiger partial charge < -0.3 is 4.74 Å². The van der Waals surface area contributed by atoms with Crippen molar-refractivity contribution >= 4 is 5.97 Å². The first-order valence-corrected chi connectivity index (χ1v) is 5.29. The fraction of sp³-hybridized carbons (Fsp3) is 0.750. The van der Waals surface area contributed by atoms with E-state index in [1.165, 1.54) is 13.3 Å². The quantitative estimate of drug-likeness (QED) is 0.473. The fourth-order valence-electron chi connectivity index (χ4n) is 3.00. The lowest BCUT2D eigenvalue weighted by molar-refractivity contribution is -0.153. The van der Waals surface area contributed by atoms with Gasteiger partial charge in [0.1, 0.15) is 6.10 Å². The number of ether oxygens (including phenoxy) is 1. The summed E-state index contributed by atoms with van der Waals surface area (Å²) in [4.78, 5) is 10.9. The van der Waals surface area contributed by atoms with E-state index >= 15 is 0 Å². The normalized spacial score (nSPS) is 38.8. The van der Waals surface area contributed by atoms with Gasteiger partial charge in [0.2, 0.25) is 0 Å².